The van der Waals surface area contributed by atoms with E-state index in [1.165, 1.54) is 13.8 Å². The van der Waals surface area contributed by atoms with E-state index in [2.05, 4.69) is 44.9 Å². The van der Waals surface area contributed by atoms with Crippen molar-refractivity contribution in [1.29, 1.82) is 0 Å². The molecule has 0 fully saturated rings. The summed E-state index contributed by atoms with van der Waals surface area (Å²) >= 11 is 0. The van der Waals surface area contributed by atoms with Crippen molar-refractivity contribution in [3.05, 3.63) is 24.8 Å². The van der Waals surface area contributed by atoms with Crippen molar-refractivity contribution in [2.24, 2.45) is 0 Å². The standard InChI is InChI=1S/C10H20N2O.C7H13NO4S/c1-9(2)10(13)11-7-6-8-12(3,4)5;1-4-6(9)8-7(2,3)5-13(10,11)12/h1,6-8H2,2-5H3;4H,1,5H2,2-3H3,(H,8,9)(H,10,11,12). The maximum Gasteiger partial charge on any atom is 0.246 e. The molecule has 0 bridgehead atoms. The van der Waals surface area contributed by atoms with Gasteiger partial charge in [0.2, 0.25) is 11.8 Å². The maximum atomic E-state index is 11.1. The number of quaternary nitrogens is 1. The monoisotopic (exact) mass is 391 g/mol. The van der Waals surface area contributed by atoms with Gasteiger partial charge in [0.15, 0.2) is 0 Å². The number of carbonyl (C=O) groups is 2. The Balaban J connectivity index is 0. The van der Waals surface area contributed by atoms with E-state index in [0.717, 1.165) is 30.1 Å². The summed E-state index contributed by atoms with van der Waals surface area (Å²) in [6, 6.07) is 0. The Hall–Kier alpha value is -1.71. The maximum absolute atomic E-state index is 11.1. The zero-order valence-corrected chi connectivity index (χ0v) is 17.5. The number of rotatable bonds is 9. The molecular formula is C17H33N3O5S. The lowest BCUT2D eigenvalue weighted by molar-refractivity contribution is -0.870. The summed E-state index contributed by atoms with van der Waals surface area (Å²) in [6.45, 7) is 13.2. The predicted molar refractivity (Wildman–Crippen MR) is 102 cm³/mol. The molecule has 0 aliphatic heterocycles. The van der Waals surface area contributed by atoms with Gasteiger partial charge in [-0.05, 0) is 26.8 Å². The number of nitrogens with one attached hydrogen (secondary N) is 2. The van der Waals surface area contributed by atoms with Gasteiger partial charge in [-0.15, -0.1) is 0 Å². The van der Waals surface area contributed by atoms with E-state index < -0.39 is 27.3 Å². The SMILES string of the molecule is C=C(C)C(=O)NCCC[N+](C)(C)C.C=CC(=O)NC(C)(C)CS(=O)(=O)[O-]. The molecular weight excluding hydrogens is 358 g/mol. The van der Waals surface area contributed by atoms with Crippen LogP contribution in [-0.2, 0) is 19.7 Å². The van der Waals surface area contributed by atoms with Gasteiger partial charge >= 0.3 is 0 Å². The molecule has 8 nitrogen and oxygen atoms in total. The summed E-state index contributed by atoms with van der Waals surface area (Å²) in [5, 5.41) is 5.13. The second kappa shape index (κ2) is 11.1. The molecule has 26 heavy (non-hydrogen) atoms. The first-order valence-electron chi connectivity index (χ1n) is 8.11. The van der Waals surface area contributed by atoms with Crippen molar-refractivity contribution in [3.63, 3.8) is 0 Å². The van der Waals surface area contributed by atoms with Crippen molar-refractivity contribution < 1.29 is 27.0 Å². The van der Waals surface area contributed by atoms with Crippen LogP contribution in [0.4, 0.5) is 0 Å². The zero-order valence-electron chi connectivity index (χ0n) is 16.7. The lowest BCUT2D eigenvalue weighted by Gasteiger charge is -2.26. The van der Waals surface area contributed by atoms with Crippen LogP contribution in [-0.4, -0.2) is 74.8 Å². The molecule has 0 saturated heterocycles. The van der Waals surface area contributed by atoms with Gasteiger partial charge < -0.3 is 19.7 Å². The minimum atomic E-state index is -4.33. The Morgan fingerprint density at radius 3 is 2.08 bits per heavy atom. The highest BCUT2D eigenvalue weighted by molar-refractivity contribution is 7.85. The van der Waals surface area contributed by atoms with E-state index in [0.29, 0.717) is 5.57 Å². The van der Waals surface area contributed by atoms with Crippen molar-refractivity contribution in [1.82, 2.24) is 10.6 Å². The van der Waals surface area contributed by atoms with Crippen molar-refractivity contribution >= 4 is 21.9 Å². The zero-order chi connectivity index (χ0) is 21.2. The molecule has 0 aliphatic carbocycles. The van der Waals surface area contributed by atoms with Crippen LogP contribution in [0.2, 0.25) is 0 Å². The third kappa shape index (κ3) is 18.6. The minimum absolute atomic E-state index is 0.0404. The van der Waals surface area contributed by atoms with Gasteiger partial charge in [-0.25, -0.2) is 8.42 Å². The third-order valence-electron chi connectivity index (χ3n) is 2.86. The fraction of sp³-hybridized carbons (Fsp3) is 0.647. The highest BCUT2D eigenvalue weighted by Crippen LogP contribution is 2.05. The molecule has 9 heteroatoms. The van der Waals surface area contributed by atoms with Gasteiger partial charge in [0.1, 0.15) is 0 Å². The van der Waals surface area contributed by atoms with Crippen LogP contribution < -0.4 is 10.6 Å². The molecule has 0 rings (SSSR count). The van der Waals surface area contributed by atoms with Crippen LogP contribution in [0.1, 0.15) is 27.2 Å². The molecule has 0 saturated carbocycles. The highest BCUT2D eigenvalue weighted by atomic mass is 32.2. The first kappa shape index (κ1) is 26.5. The molecule has 0 heterocycles. The Bertz CT molecular complexity index is 604. The van der Waals surface area contributed by atoms with Gasteiger partial charge in [-0.3, -0.25) is 9.59 Å². The average Bonchev–Trinajstić information content (AvgIpc) is 2.39. The summed E-state index contributed by atoms with van der Waals surface area (Å²) in [4.78, 5) is 21.8. The number of hydrogen-bond donors (Lipinski definition) is 2. The number of carbonyl (C=O) groups excluding carboxylic acids is 2. The minimum Gasteiger partial charge on any atom is -0.748 e. The van der Waals surface area contributed by atoms with E-state index in [-0.39, 0.29) is 5.91 Å². The fourth-order valence-corrected chi connectivity index (χ4v) is 2.72. The van der Waals surface area contributed by atoms with E-state index in [1.54, 1.807) is 6.92 Å². The van der Waals surface area contributed by atoms with Crippen LogP contribution >= 0.6 is 0 Å². The molecule has 2 N–H and O–H groups in total. The average molecular weight is 392 g/mol. The Morgan fingerprint density at radius 2 is 1.73 bits per heavy atom. The number of amides is 2. The largest absolute Gasteiger partial charge is 0.748 e. The summed E-state index contributed by atoms with van der Waals surface area (Å²) < 4.78 is 32.1. The van der Waals surface area contributed by atoms with Crippen LogP contribution in [0.3, 0.4) is 0 Å². The normalized spacial score (nSPS) is 11.7. The molecule has 0 aromatic carbocycles. The van der Waals surface area contributed by atoms with Crippen LogP contribution in [0.25, 0.3) is 0 Å². The fourth-order valence-electron chi connectivity index (χ4n) is 1.77. The van der Waals surface area contributed by atoms with Crippen molar-refractivity contribution in [3.8, 4) is 0 Å². The smallest absolute Gasteiger partial charge is 0.246 e. The molecule has 0 atom stereocenters. The van der Waals surface area contributed by atoms with Gasteiger partial charge in [0.05, 0.1) is 43.6 Å². The molecule has 0 aromatic rings. The Labute approximate surface area is 157 Å². The van der Waals surface area contributed by atoms with Gasteiger partial charge in [0.25, 0.3) is 0 Å². The van der Waals surface area contributed by atoms with E-state index in [4.69, 9.17) is 0 Å². The van der Waals surface area contributed by atoms with E-state index in [9.17, 15) is 22.6 Å². The second-order valence-electron chi connectivity index (χ2n) is 7.68. The van der Waals surface area contributed by atoms with Crippen molar-refractivity contribution in [2.45, 2.75) is 32.7 Å². The van der Waals surface area contributed by atoms with Crippen LogP contribution in [0.5, 0.6) is 0 Å². The van der Waals surface area contributed by atoms with E-state index >= 15 is 0 Å². The summed E-state index contributed by atoms with van der Waals surface area (Å²) in [5.41, 5.74) is -0.489. The van der Waals surface area contributed by atoms with Gasteiger partial charge in [-0.2, -0.15) is 0 Å². The molecule has 0 aliphatic rings. The Kier molecular flexibility index (Phi) is 11.3. The molecule has 152 valence electrons. The number of nitrogens with zero attached hydrogens (tertiary/aromatic N) is 1. The molecule has 0 aromatic heterocycles. The third-order valence-corrected chi connectivity index (χ3v) is 3.94. The lowest BCUT2D eigenvalue weighted by atomic mass is 10.1. The van der Waals surface area contributed by atoms with Crippen molar-refractivity contribution in [2.75, 3.05) is 40.0 Å². The van der Waals surface area contributed by atoms with Gasteiger partial charge in [0, 0.05) is 24.1 Å². The number of hydrogen-bond acceptors (Lipinski definition) is 5. The second-order valence-corrected chi connectivity index (χ2v) is 9.09. The quantitative estimate of drug-likeness (QED) is 0.255. The summed E-state index contributed by atoms with van der Waals surface area (Å²) in [7, 11) is 2.08. The van der Waals surface area contributed by atoms with Gasteiger partial charge in [-0.1, -0.05) is 13.2 Å². The molecule has 0 unspecified atom stereocenters. The van der Waals surface area contributed by atoms with E-state index in [1.807, 2.05) is 0 Å². The lowest BCUT2D eigenvalue weighted by Crippen LogP contribution is -2.47. The van der Waals surface area contributed by atoms with Crippen LogP contribution in [0, 0.1) is 0 Å². The topological polar surface area (TPSA) is 115 Å². The summed E-state index contributed by atoms with van der Waals surface area (Å²) in [5.74, 6) is -1.19. The highest BCUT2D eigenvalue weighted by Gasteiger charge is 2.22. The first-order valence-corrected chi connectivity index (χ1v) is 9.69. The van der Waals surface area contributed by atoms with Crippen LogP contribution in [0.15, 0.2) is 24.8 Å². The molecule has 0 spiro atoms. The molecule has 2 amide bonds. The summed E-state index contributed by atoms with van der Waals surface area (Å²) in [6.07, 6.45) is 2.02. The Morgan fingerprint density at radius 1 is 1.23 bits per heavy atom. The first-order chi connectivity index (χ1) is 11.5. The predicted octanol–water partition coefficient (Wildman–Crippen LogP) is 0.387. The molecule has 0 radical (unpaired) electrons.